The first-order valence-electron chi connectivity index (χ1n) is 8.21. The minimum absolute atomic E-state index is 0.365. The lowest BCUT2D eigenvalue weighted by molar-refractivity contribution is -0.274. The summed E-state index contributed by atoms with van der Waals surface area (Å²) in [7, 11) is 0. The number of hydrogen-bond donors (Lipinski definition) is 1. The second-order valence-corrected chi connectivity index (χ2v) is 5.87. The predicted molar refractivity (Wildman–Crippen MR) is 97.7 cm³/mol. The van der Waals surface area contributed by atoms with Crippen LogP contribution in [0.1, 0.15) is 16.7 Å². The van der Waals surface area contributed by atoms with E-state index in [1.165, 1.54) is 18.2 Å². The van der Waals surface area contributed by atoms with Crippen molar-refractivity contribution >= 4 is 23.6 Å². The van der Waals surface area contributed by atoms with E-state index in [4.69, 9.17) is 4.74 Å². The van der Waals surface area contributed by atoms with Gasteiger partial charge < -0.3 is 14.8 Å². The first kappa shape index (κ1) is 21.0. The molecule has 0 radical (unpaired) electrons. The maximum Gasteiger partial charge on any atom is 0.573 e. The molecule has 0 bridgehead atoms. The molecule has 0 heterocycles. The Morgan fingerprint density at radius 3 is 2.21 bits per heavy atom. The number of para-hydroxylation sites is 1. The van der Waals surface area contributed by atoms with Gasteiger partial charge in [0.15, 0.2) is 6.61 Å². The second kappa shape index (κ2) is 9.07. The molecule has 8 heteroatoms. The van der Waals surface area contributed by atoms with Gasteiger partial charge in [-0.1, -0.05) is 30.3 Å². The van der Waals surface area contributed by atoms with Gasteiger partial charge in [-0.3, -0.25) is 4.79 Å². The van der Waals surface area contributed by atoms with Crippen molar-refractivity contribution in [2.45, 2.75) is 20.2 Å². The smallest absolute Gasteiger partial charge is 0.452 e. The predicted octanol–water partition coefficient (Wildman–Crippen LogP) is 4.40. The third-order valence-corrected chi connectivity index (χ3v) is 3.62. The Hall–Kier alpha value is -3.29. The molecule has 0 aliphatic carbocycles. The molecule has 0 fully saturated rings. The molecule has 0 aliphatic rings. The SMILES string of the molecule is Cc1cccc(C)c1NC(=O)COC(=O)/C=C/c1ccc(OC(F)(F)F)cc1. The van der Waals surface area contributed by atoms with Crippen LogP contribution >= 0.6 is 0 Å². The molecule has 0 spiro atoms. The maximum absolute atomic E-state index is 12.1. The lowest BCUT2D eigenvalue weighted by atomic mass is 10.1. The van der Waals surface area contributed by atoms with Crippen LogP contribution in [0, 0.1) is 13.8 Å². The lowest BCUT2D eigenvalue weighted by Gasteiger charge is -2.11. The van der Waals surface area contributed by atoms with Crippen LogP contribution < -0.4 is 10.1 Å². The Kier molecular flexibility index (Phi) is 6.81. The number of carbonyl (C=O) groups excluding carboxylic acids is 2. The van der Waals surface area contributed by atoms with Gasteiger partial charge in [-0.15, -0.1) is 13.2 Å². The van der Waals surface area contributed by atoms with Crippen LogP contribution in [0.2, 0.25) is 0 Å². The summed E-state index contributed by atoms with van der Waals surface area (Å²) in [6.07, 6.45) is -2.34. The molecular weight excluding hydrogens is 375 g/mol. The van der Waals surface area contributed by atoms with Gasteiger partial charge in [0.05, 0.1) is 0 Å². The molecule has 2 rings (SSSR count). The summed E-state index contributed by atoms with van der Waals surface area (Å²) in [5.74, 6) is -1.60. The Bertz CT molecular complexity index is 854. The molecule has 2 aromatic carbocycles. The first-order chi connectivity index (χ1) is 13.1. The van der Waals surface area contributed by atoms with Gasteiger partial charge >= 0.3 is 12.3 Å². The van der Waals surface area contributed by atoms with Crippen molar-refractivity contribution in [2.24, 2.45) is 0 Å². The van der Waals surface area contributed by atoms with Crippen LogP contribution in [0.5, 0.6) is 5.75 Å². The fraction of sp³-hybridized carbons (Fsp3) is 0.200. The largest absolute Gasteiger partial charge is 0.573 e. The van der Waals surface area contributed by atoms with E-state index in [1.807, 2.05) is 32.0 Å². The minimum Gasteiger partial charge on any atom is -0.452 e. The van der Waals surface area contributed by atoms with Crippen LogP contribution in [-0.2, 0) is 14.3 Å². The third-order valence-electron chi connectivity index (χ3n) is 3.62. The number of halogens is 3. The van der Waals surface area contributed by atoms with Gasteiger partial charge in [-0.2, -0.15) is 0 Å². The number of ether oxygens (including phenoxy) is 2. The van der Waals surface area contributed by atoms with Crippen LogP contribution in [0.4, 0.5) is 18.9 Å². The number of carbonyl (C=O) groups is 2. The van der Waals surface area contributed by atoms with Crippen LogP contribution in [0.3, 0.4) is 0 Å². The number of aryl methyl sites for hydroxylation is 2. The Morgan fingerprint density at radius 2 is 1.64 bits per heavy atom. The summed E-state index contributed by atoms with van der Waals surface area (Å²) in [5, 5.41) is 2.69. The van der Waals surface area contributed by atoms with E-state index in [-0.39, 0.29) is 5.75 Å². The molecular formula is C20H18F3NO4. The second-order valence-electron chi connectivity index (χ2n) is 5.87. The Labute approximate surface area is 159 Å². The summed E-state index contributed by atoms with van der Waals surface area (Å²) in [6, 6.07) is 10.5. The number of alkyl halides is 3. The molecule has 0 saturated carbocycles. The normalized spacial score (nSPS) is 11.3. The molecule has 0 atom stereocenters. The van der Waals surface area contributed by atoms with Crippen molar-refractivity contribution in [1.29, 1.82) is 0 Å². The Balaban J connectivity index is 1.84. The highest BCUT2D eigenvalue weighted by atomic mass is 19.4. The minimum atomic E-state index is -4.77. The van der Waals surface area contributed by atoms with Crippen molar-refractivity contribution in [3.05, 3.63) is 65.2 Å². The zero-order valence-corrected chi connectivity index (χ0v) is 15.2. The average molecular weight is 393 g/mol. The number of rotatable bonds is 6. The highest BCUT2D eigenvalue weighted by Gasteiger charge is 2.30. The van der Waals surface area contributed by atoms with Crippen molar-refractivity contribution in [3.63, 3.8) is 0 Å². The van der Waals surface area contributed by atoms with Crippen molar-refractivity contribution in [3.8, 4) is 5.75 Å². The van der Waals surface area contributed by atoms with E-state index in [0.717, 1.165) is 29.3 Å². The summed E-state index contributed by atoms with van der Waals surface area (Å²) >= 11 is 0. The molecule has 148 valence electrons. The molecule has 0 aliphatic heterocycles. The van der Waals surface area contributed by atoms with E-state index in [9.17, 15) is 22.8 Å². The van der Waals surface area contributed by atoms with E-state index < -0.39 is 24.8 Å². The van der Waals surface area contributed by atoms with Gasteiger partial charge in [0, 0.05) is 11.8 Å². The summed E-state index contributed by atoms with van der Waals surface area (Å²) in [5.41, 5.74) is 2.90. The summed E-state index contributed by atoms with van der Waals surface area (Å²) in [6.45, 7) is 3.24. The third kappa shape index (κ3) is 6.79. The van der Waals surface area contributed by atoms with Crippen LogP contribution in [0.15, 0.2) is 48.5 Å². The highest BCUT2D eigenvalue weighted by Crippen LogP contribution is 2.23. The zero-order chi connectivity index (χ0) is 20.7. The molecule has 5 nitrogen and oxygen atoms in total. The average Bonchev–Trinajstić information content (AvgIpc) is 2.61. The molecule has 0 aromatic heterocycles. The van der Waals surface area contributed by atoms with Gasteiger partial charge in [0.25, 0.3) is 5.91 Å². The highest BCUT2D eigenvalue weighted by molar-refractivity contribution is 5.95. The lowest BCUT2D eigenvalue weighted by Crippen LogP contribution is -2.21. The quantitative estimate of drug-likeness (QED) is 0.584. The topological polar surface area (TPSA) is 64.6 Å². The molecule has 0 unspecified atom stereocenters. The van der Waals surface area contributed by atoms with E-state index in [0.29, 0.717) is 11.3 Å². The number of benzene rings is 2. The summed E-state index contributed by atoms with van der Waals surface area (Å²) < 4.78 is 44.9. The van der Waals surface area contributed by atoms with Gasteiger partial charge in [0.2, 0.25) is 0 Å². The fourth-order valence-corrected chi connectivity index (χ4v) is 2.32. The monoisotopic (exact) mass is 393 g/mol. The van der Waals surface area contributed by atoms with Crippen molar-refractivity contribution < 1.29 is 32.2 Å². The van der Waals surface area contributed by atoms with Crippen LogP contribution in [-0.4, -0.2) is 24.8 Å². The standard InChI is InChI=1S/C20H18F3NO4/c1-13-4-3-5-14(2)19(13)24-17(25)12-27-18(26)11-8-15-6-9-16(10-7-15)28-20(21,22)23/h3-11H,12H2,1-2H3,(H,24,25)/b11-8+. The van der Waals surface area contributed by atoms with Gasteiger partial charge in [-0.25, -0.2) is 4.79 Å². The summed E-state index contributed by atoms with van der Waals surface area (Å²) in [4.78, 5) is 23.6. The maximum atomic E-state index is 12.1. The fourth-order valence-electron chi connectivity index (χ4n) is 2.32. The molecule has 1 amide bonds. The Morgan fingerprint density at radius 1 is 1.04 bits per heavy atom. The number of anilines is 1. The van der Waals surface area contributed by atoms with Gasteiger partial charge in [0.1, 0.15) is 5.75 Å². The zero-order valence-electron chi connectivity index (χ0n) is 15.2. The molecule has 0 saturated heterocycles. The van der Waals surface area contributed by atoms with Crippen LogP contribution in [0.25, 0.3) is 6.08 Å². The molecule has 2 aromatic rings. The van der Waals surface area contributed by atoms with E-state index in [2.05, 4.69) is 10.1 Å². The number of hydrogen-bond acceptors (Lipinski definition) is 4. The number of amides is 1. The first-order valence-corrected chi connectivity index (χ1v) is 8.21. The van der Waals surface area contributed by atoms with Crippen molar-refractivity contribution in [2.75, 3.05) is 11.9 Å². The van der Waals surface area contributed by atoms with E-state index >= 15 is 0 Å². The van der Waals surface area contributed by atoms with Crippen molar-refractivity contribution in [1.82, 2.24) is 0 Å². The molecule has 28 heavy (non-hydrogen) atoms. The molecule has 1 N–H and O–H groups in total. The van der Waals surface area contributed by atoms with E-state index in [1.54, 1.807) is 0 Å². The number of nitrogens with one attached hydrogen (secondary N) is 1. The number of esters is 1. The van der Waals surface area contributed by atoms with Gasteiger partial charge in [-0.05, 0) is 48.7 Å².